The fourth-order valence-electron chi connectivity index (χ4n) is 1.31. The predicted molar refractivity (Wildman–Crippen MR) is 63.5 cm³/mol. The fourth-order valence-corrected chi connectivity index (χ4v) is 1.31. The Balaban J connectivity index is 3.85. The number of unbranched alkanes of at least 4 members (excludes halogenated alkanes) is 2. The minimum atomic E-state index is -0.409. The monoisotopic (exact) mass is 234 g/mol. The van der Waals surface area contributed by atoms with Gasteiger partial charge in [-0.2, -0.15) is 0 Å². The fraction of sp³-hybridized carbons (Fsp3) is 1.00. The molecule has 0 aromatic carbocycles. The molecule has 2 N–H and O–H groups in total. The van der Waals surface area contributed by atoms with Crippen molar-refractivity contribution in [2.24, 2.45) is 0 Å². The molecule has 0 saturated carbocycles. The molecule has 0 bridgehead atoms. The van der Waals surface area contributed by atoms with Crippen LogP contribution >= 0.6 is 0 Å². The molecule has 0 aromatic rings. The van der Waals surface area contributed by atoms with E-state index >= 15 is 0 Å². The maximum absolute atomic E-state index is 9.17. The Labute approximate surface area is 98.6 Å². The van der Waals surface area contributed by atoms with Gasteiger partial charge < -0.3 is 19.7 Å². The number of hydrogen-bond donors (Lipinski definition) is 2. The first-order valence-corrected chi connectivity index (χ1v) is 6.25. The van der Waals surface area contributed by atoms with E-state index in [2.05, 4.69) is 13.8 Å². The van der Waals surface area contributed by atoms with Crippen LogP contribution in [0.25, 0.3) is 0 Å². The molecule has 16 heavy (non-hydrogen) atoms. The van der Waals surface area contributed by atoms with Crippen molar-refractivity contribution in [1.29, 1.82) is 0 Å². The SMILES string of the molecule is CCCCOC(CO)C(CO)OCCCC. The molecule has 0 radical (unpaired) electrons. The molecular formula is C12H26O4. The average Bonchev–Trinajstić information content (AvgIpc) is 2.31. The van der Waals surface area contributed by atoms with Gasteiger partial charge in [0.15, 0.2) is 0 Å². The number of rotatable bonds is 11. The highest BCUT2D eigenvalue weighted by atomic mass is 16.6. The van der Waals surface area contributed by atoms with Crippen molar-refractivity contribution >= 4 is 0 Å². The van der Waals surface area contributed by atoms with Crippen LogP contribution in [0.15, 0.2) is 0 Å². The second-order valence-electron chi connectivity index (χ2n) is 3.89. The van der Waals surface area contributed by atoms with Crippen molar-refractivity contribution in [2.75, 3.05) is 26.4 Å². The zero-order chi connectivity index (χ0) is 12.2. The Kier molecular flexibility index (Phi) is 11.2. The molecule has 0 heterocycles. The van der Waals surface area contributed by atoms with Gasteiger partial charge in [0.05, 0.1) is 13.2 Å². The number of aliphatic hydroxyl groups is 2. The van der Waals surface area contributed by atoms with E-state index in [-0.39, 0.29) is 13.2 Å². The van der Waals surface area contributed by atoms with Crippen LogP contribution in [0.3, 0.4) is 0 Å². The lowest BCUT2D eigenvalue weighted by molar-refractivity contribution is -0.109. The first kappa shape index (κ1) is 15.8. The van der Waals surface area contributed by atoms with E-state index < -0.39 is 12.2 Å². The van der Waals surface area contributed by atoms with Crippen molar-refractivity contribution in [3.05, 3.63) is 0 Å². The first-order chi connectivity index (χ1) is 7.79. The van der Waals surface area contributed by atoms with Crippen molar-refractivity contribution < 1.29 is 19.7 Å². The summed E-state index contributed by atoms with van der Waals surface area (Å²) in [5, 5.41) is 18.3. The van der Waals surface area contributed by atoms with Crippen molar-refractivity contribution in [3.63, 3.8) is 0 Å². The lowest BCUT2D eigenvalue weighted by Gasteiger charge is -2.24. The van der Waals surface area contributed by atoms with Crippen LogP contribution in [0.1, 0.15) is 39.5 Å². The van der Waals surface area contributed by atoms with Crippen molar-refractivity contribution in [2.45, 2.75) is 51.7 Å². The molecule has 4 heteroatoms. The summed E-state index contributed by atoms with van der Waals surface area (Å²) < 4.78 is 11.0. The molecular weight excluding hydrogens is 208 g/mol. The molecule has 0 aliphatic carbocycles. The van der Waals surface area contributed by atoms with Gasteiger partial charge in [-0.25, -0.2) is 0 Å². The Morgan fingerprint density at radius 1 is 0.812 bits per heavy atom. The standard InChI is InChI=1S/C12H26O4/c1-3-5-7-15-11(9-13)12(10-14)16-8-6-4-2/h11-14H,3-10H2,1-2H3. The summed E-state index contributed by atoms with van der Waals surface area (Å²) in [5.74, 6) is 0. The molecule has 0 aliphatic heterocycles. The topological polar surface area (TPSA) is 58.9 Å². The third-order valence-corrected chi connectivity index (χ3v) is 2.43. The van der Waals surface area contributed by atoms with Crippen LogP contribution in [-0.4, -0.2) is 48.8 Å². The van der Waals surface area contributed by atoms with E-state index in [1.807, 2.05) is 0 Å². The smallest absolute Gasteiger partial charge is 0.109 e. The van der Waals surface area contributed by atoms with Gasteiger partial charge in [-0.05, 0) is 12.8 Å². The minimum Gasteiger partial charge on any atom is -0.394 e. The molecule has 2 unspecified atom stereocenters. The summed E-state index contributed by atoms with van der Waals surface area (Å²) in [6, 6.07) is 0. The Morgan fingerprint density at radius 3 is 1.44 bits per heavy atom. The van der Waals surface area contributed by atoms with Gasteiger partial charge in [-0.3, -0.25) is 0 Å². The quantitative estimate of drug-likeness (QED) is 0.530. The van der Waals surface area contributed by atoms with Crippen molar-refractivity contribution in [1.82, 2.24) is 0 Å². The average molecular weight is 234 g/mol. The Bertz CT molecular complexity index is 125. The van der Waals surface area contributed by atoms with Gasteiger partial charge in [0, 0.05) is 13.2 Å². The van der Waals surface area contributed by atoms with Gasteiger partial charge in [0.25, 0.3) is 0 Å². The highest BCUT2D eigenvalue weighted by molar-refractivity contribution is 4.69. The summed E-state index contributed by atoms with van der Waals surface area (Å²) >= 11 is 0. The molecule has 0 saturated heterocycles. The zero-order valence-electron chi connectivity index (χ0n) is 10.5. The number of hydrogen-bond acceptors (Lipinski definition) is 4. The lowest BCUT2D eigenvalue weighted by atomic mass is 10.2. The van der Waals surface area contributed by atoms with Crippen molar-refractivity contribution in [3.8, 4) is 0 Å². The van der Waals surface area contributed by atoms with Gasteiger partial charge in [-0.15, -0.1) is 0 Å². The van der Waals surface area contributed by atoms with E-state index in [0.717, 1.165) is 25.7 Å². The highest BCUT2D eigenvalue weighted by Crippen LogP contribution is 2.06. The molecule has 0 fully saturated rings. The predicted octanol–water partition coefficient (Wildman–Crippen LogP) is 1.34. The molecule has 0 spiro atoms. The third kappa shape index (κ3) is 7.17. The van der Waals surface area contributed by atoms with Crippen LogP contribution in [0, 0.1) is 0 Å². The second-order valence-corrected chi connectivity index (χ2v) is 3.89. The molecule has 2 atom stereocenters. The maximum atomic E-state index is 9.17. The summed E-state index contributed by atoms with van der Waals surface area (Å²) in [6.45, 7) is 5.16. The second kappa shape index (κ2) is 11.3. The third-order valence-electron chi connectivity index (χ3n) is 2.43. The van der Waals surface area contributed by atoms with E-state index in [9.17, 15) is 0 Å². The lowest BCUT2D eigenvalue weighted by Crippen LogP contribution is -2.38. The molecule has 0 rings (SSSR count). The van der Waals surface area contributed by atoms with Crippen LogP contribution < -0.4 is 0 Å². The summed E-state index contributed by atoms with van der Waals surface area (Å²) in [4.78, 5) is 0. The van der Waals surface area contributed by atoms with Crippen LogP contribution in [-0.2, 0) is 9.47 Å². The normalized spacial score (nSPS) is 15.0. The largest absolute Gasteiger partial charge is 0.394 e. The first-order valence-electron chi connectivity index (χ1n) is 6.25. The molecule has 0 aromatic heterocycles. The molecule has 0 amide bonds. The van der Waals surface area contributed by atoms with Gasteiger partial charge >= 0.3 is 0 Å². The van der Waals surface area contributed by atoms with E-state index in [0.29, 0.717) is 13.2 Å². The Morgan fingerprint density at radius 2 is 1.19 bits per heavy atom. The molecule has 0 aliphatic rings. The summed E-state index contributed by atoms with van der Waals surface area (Å²) in [7, 11) is 0. The minimum absolute atomic E-state index is 0.110. The van der Waals surface area contributed by atoms with E-state index in [1.165, 1.54) is 0 Å². The van der Waals surface area contributed by atoms with E-state index in [1.54, 1.807) is 0 Å². The van der Waals surface area contributed by atoms with Crippen LogP contribution in [0.5, 0.6) is 0 Å². The van der Waals surface area contributed by atoms with Gasteiger partial charge in [0.2, 0.25) is 0 Å². The zero-order valence-corrected chi connectivity index (χ0v) is 10.5. The Hall–Kier alpha value is -0.160. The molecule has 4 nitrogen and oxygen atoms in total. The van der Waals surface area contributed by atoms with Crippen LogP contribution in [0.2, 0.25) is 0 Å². The summed E-state index contributed by atoms with van der Waals surface area (Å²) in [5.41, 5.74) is 0. The van der Waals surface area contributed by atoms with Crippen LogP contribution in [0.4, 0.5) is 0 Å². The van der Waals surface area contributed by atoms with E-state index in [4.69, 9.17) is 19.7 Å². The number of aliphatic hydroxyl groups excluding tert-OH is 2. The highest BCUT2D eigenvalue weighted by Gasteiger charge is 2.21. The molecule has 98 valence electrons. The number of ether oxygens (including phenoxy) is 2. The van der Waals surface area contributed by atoms with Gasteiger partial charge in [-0.1, -0.05) is 26.7 Å². The van der Waals surface area contributed by atoms with Gasteiger partial charge in [0.1, 0.15) is 12.2 Å². The maximum Gasteiger partial charge on any atom is 0.109 e. The summed E-state index contributed by atoms with van der Waals surface area (Å²) in [6.07, 6.45) is 3.21.